The fourth-order valence-electron chi connectivity index (χ4n) is 4.72. The number of aryl methyl sites for hydroxylation is 3. The van der Waals surface area contributed by atoms with Gasteiger partial charge in [0.2, 0.25) is 0 Å². The van der Waals surface area contributed by atoms with Crippen molar-refractivity contribution in [2.24, 2.45) is 7.05 Å². The number of nitrogens with zero attached hydrogens (tertiary/aromatic N) is 6. The zero-order chi connectivity index (χ0) is 22.5. The van der Waals surface area contributed by atoms with Gasteiger partial charge in [-0.2, -0.15) is 10.2 Å². The molecule has 1 fully saturated rings. The number of aromatic nitrogens is 6. The van der Waals surface area contributed by atoms with Crippen molar-refractivity contribution in [2.45, 2.75) is 45.8 Å². The number of benzene rings is 1. The lowest BCUT2D eigenvalue weighted by molar-refractivity contribution is 0.0479. The summed E-state index contributed by atoms with van der Waals surface area (Å²) in [5.74, 6) is 0.791. The minimum Gasteiger partial charge on any atom is -0.296 e. The van der Waals surface area contributed by atoms with Crippen molar-refractivity contribution in [3.63, 3.8) is 0 Å². The highest BCUT2D eigenvalue weighted by Gasteiger charge is 2.38. The van der Waals surface area contributed by atoms with Gasteiger partial charge in [-0.05, 0) is 45.7 Å². The molecule has 0 radical (unpaired) electrons. The smallest absolute Gasteiger partial charge is 0.154 e. The molecule has 0 amide bonds. The van der Waals surface area contributed by atoms with Gasteiger partial charge >= 0.3 is 0 Å². The maximum absolute atomic E-state index is 15.9. The number of hydrogen-bond acceptors (Lipinski definition) is 5. The van der Waals surface area contributed by atoms with E-state index in [0.717, 1.165) is 45.1 Å². The third kappa shape index (κ3) is 3.58. The minimum atomic E-state index is -1.41. The van der Waals surface area contributed by atoms with Crippen LogP contribution in [-0.2, 0) is 19.3 Å². The van der Waals surface area contributed by atoms with E-state index in [2.05, 4.69) is 25.2 Å². The first-order valence-corrected chi connectivity index (χ1v) is 11.0. The van der Waals surface area contributed by atoms with Crippen LogP contribution in [0.5, 0.6) is 0 Å². The zero-order valence-electron chi connectivity index (χ0n) is 19.0. The molecule has 8 heteroatoms. The number of likely N-dealkylation sites (tertiary alicyclic amines) is 1. The van der Waals surface area contributed by atoms with Crippen molar-refractivity contribution in [3.05, 3.63) is 58.9 Å². The van der Waals surface area contributed by atoms with E-state index < -0.39 is 5.67 Å². The summed E-state index contributed by atoms with van der Waals surface area (Å²) in [5.41, 5.74) is 4.72. The standard InChI is InChI=1S/C24H28FN7/c1-15-18-7-5-6-8-19(18)27-22(26-15)14-32-11-9-24(25,10-12-32)21-13-20(28-29-21)23-16(2)30-31(4)17(23)3/h5-8,13H,9-12,14H2,1-4H3,(H,28,29). The maximum Gasteiger partial charge on any atom is 0.154 e. The second-order valence-corrected chi connectivity index (χ2v) is 8.82. The lowest BCUT2D eigenvalue weighted by atomic mass is 9.89. The van der Waals surface area contributed by atoms with Crippen LogP contribution in [0.3, 0.4) is 0 Å². The molecule has 1 saturated heterocycles. The number of fused-ring (bicyclic) bond motifs is 1. The number of piperidine rings is 1. The summed E-state index contributed by atoms with van der Waals surface area (Å²) in [6.07, 6.45) is 0.818. The Hall–Kier alpha value is -3.13. The molecule has 3 aromatic heterocycles. The summed E-state index contributed by atoms with van der Waals surface area (Å²) in [4.78, 5) is 11.6. The van der Waals surface area contributed by atoms with Crippen molar-refractivity contribution in [1.82, 2.24) is 34.8 Å². The molecule has 1 N–H and O–H groups in total. The van der Waals surface area contributed by atoms with E-state index in [4.69, 9.17) is 4.98 Å². The molecule has 0 atom stereocenters. The van der Waals surface area contributed by atoms with Crippen LogP contribution in [0.25, 0.3) is 22.2 Å². The second-order valence-electron chi connectivity index (χ2n) is 8.82. The van der Waals surface area contributed by atoms with Gasteiger partial charge in [0.05, 0.1) is 29.1 Å². The number of aromatic amines is 1. The molecule has 1 aromatic carbocycles. The quantitative estimate of drug-likeness (QED) is 0.524. The molecular weight excluding hydrogens is 405 g/mol. The van der Waals surface area contributed by atoms with E-state index in [0.29, 0.717) is 38.2 Å². The molecule has 0 bridgehead atoms. The van der Waals surface area contributed by atoms with Crippen molar-refractivity contribution < 1.29 is 4.39 Å². The summed E-state index contributed by atoms with van der Waals surface area (Å²) in [6, 6.07) is 9.89. The molecule has 5 rings (SSSR count). The third-order valence-corrected chi connectivity index (χ3v) is 6.68. The Morgan fingerprint density at radius 3 is 2.53 bits per heavy atom. The topological polar surface area (TPSA) is 75.5 Å². The predicted molar refractivity (Wildman–Crippen MR) is 122 cm³/mol. The van der Waals surface area contributed by atoms with Crippen molar-refractivity contribution in [2.75, 3.05) is 13.1 Å². The van der Waals surface area contributed by atoms with Gasteiger partial charge in [0.25, 0.3) is 0 Å². The number of rotatable bonds is 4. The van der Waals surface area contributed by atoms with Crippen LogP contribution in [0.4, 0.5) is 4.39 Å². The van der Waals surface area contributed by atoms with E-state index >= 15 is 4.39 Å². The summed E-state index contributed by atoms with van der Waals surface area (Å²) < 4.78 is 17.7. The molecule has 0 saturated carbocycles. The highest BCUT2D eigenvalue weighted by molar-refractivity contribution is 5.80. The SMILES string of the molecule is Cc1nn(C)c(C)c1-c1cc(C2(F)CCN(Cc3nc(C)c4ccccc4n3)CC2)[nH]n1. The van der Waals surface area contributed by atoms with Crippen LogP contribution < -0.4 is 0 Å². The van der Waals surface area contributed by atoms with Crippen LogP contribution in [0.1, 0.15) is 41.4 Å². The molecule has 0 unspecified atom stereocenters. The van der Waals surface area contributed by atoms with Crippen LogP contribution in [0.2, 0.25) is 0 Å². The number of H-pyrrole nitrogens is 1. The lowest BCUT2D eigenvalue weighted by Gasteiger charge is -2.35. The normalized spacial score (nSPS) is 16.7. The van der Waals surface area contributed by atoms with Gasteiger partial charge in [0.1, 0.15) is 5.82 Å². The van der Waals surface area contributed by atoms with Gasteiger partial charge in [0, 0.05) is 42.5 Å². The van der Waals surface area contributed by atoms with Gasteiger partial charge < -0.3 is 0 Å². The molecule has 0 spiro atoms. The Bertz CT molecular complexity index is 1280. The van der Waals surface area contributed by atoms with Crippen LogP contribution in [0, 0.1) is 20.8 Å². The average Bonchev–Trinajstić information content (AvgIpc) is 3.35. The maximum atomic E-state index is 15.9. The van der Waals surface area contributed by atoms with E-state index in [9.17, 15) is 0 Å². The first kappa shape index (κ1) is 20.8. The van der Waals surface area contributed by atoms with Gasteiger partial charge in [-0.25, -0.2) is 14.4 Å². The molecule has 0 aliphatic carbocycles. The van der Waals surface area contributed by atoms with Gasteiger partial charge in [0.15, 0.2) is 5.67 Å². The lowest BCUT2D eigenvalue weighted by Crippen LogP contribution is -2.40. The fraction of sp³-hybridized carbons (Fsp3) is 0.417. The fourth-order valence-corrected chi connectivity index (χ4v) is 4.72. The average molecular weight is 434 g/mol. The summed E-state index contributed by atoms with van der Waals surface area (Å²) in [6.45, 7) is 7.89. The van der Waals surface area contributed by atoms with E-state index in [1.807, 2.05) is 62.8 Å². The summed E-state index contributed by atoms with van der Waals surface area (Å²) in [5, 5.41) is 12.9. The van der Waals surface area contributed by atoms with E-state index in [-0.39, 0.29) is 0 Å². The molecule has 4 heterocycles. The van der Waals surface area contributed by atoms with Crippen LogP contribution >= 0.6 is 0 Å². The number of alkyl halides is 1. The Balaban J connectivity index is 1.30. The second kappa shape index (κ2) is 7.78. The Morgan fingerprint density at radius 1 is 1.06 bits per heavy atom. The molecule has 4 aromatic rings. The molecule has 166 valence electrons. The van der Waals surface area contributed by atoms with Crippen molar-refractivity contribution in [1.29, 1.82) is 0 Å². The zero-order valence-corrected chi connectivity index (χ0v) is 19.0. The summed E-state index contributed by atoms with van der Waals surface area (Å²) in [7, 11) is 1.91. The monoisotopic (exact) mass is 433 g/mol. The summed E-state index contributed by atoms with van der Waals surface area (Å²) >= 11 is 0. The predicted octanol–water partition coefficient (Wildman–Crippen LogP) is 4.14. The van der Waals surface area contributed by atoms with Crippen LogP contribution in [0.15, 0.2) is 30.3 Å². The molecule has 32 heavy (non-hydrogen) atoms. The Morgan fingerprint density at radius 2 is 1.81 bits per heavy atom. The van der Waals surface area contributed by atoms with Gasteiger partial charge in [-0.15, -0.1) is 0 Å². The largest absolute Gasteiger partial charge is 0.296 e. The van der Waals surface area contributed by atoms with Gasteiger partial charge in [-0.3, -0.25) is 14.7 Å². The Kier molecular flexibility index (Phi) is 5.04. The van der Waals surface area contributed by atoms with Crippen molar-refractivity contribution in [3.8, 4) is 11.3 Å². The van der Waals surface area contributed by atoms with E-state index in [1.54, 1.807) is 0 Å². The number of para-hydroxylation sites is 1. The first-order valence-electron chi connectivity index (χ1n) is 11.0. The van der Waals surface area contributed by atoms with Crippen molar-refractivity contribution >= 4 is 10.9 Å². The molecular formula is C24H28FN7. The highest BCUT2D eigenvalue weighted by atomic mass is 19.1. The molecule has 1 aliphatic heterocycles. The van der Waals surface area contributed by atoms with Gasteiger partial charge in [-0.1, -0.05) is 18.2 Å². The number of hydrogen-bond donors (Lipinski definition) is 1. The molecule has 1 aliphatic rings. The third-order valence-electron chi connectivity index (χ3n) is 6.68. The minimum absolute atomic E-state index is 0.409. The van der Waals surface area contributed by atoms with E-state index in [1.165, 1.54) is 0 Å². The van der Waals surface area contributed by atoms with Crippen LogP contribution in [-0.4, -0.2) is 47.9 Å². The number of nitrogens with one attached hydrogen (secondary N) is 1. The first-order chi connectivity index (χ1) is 15.3. The Labute approximate surface area is 186 Å². The number of halogens is 1. The molecule has 7 nitrogen and oxygen atoms in total. The highest BCUT2D eigenvalue weighted by Crippen LogP contribution is 2.38.